The zero-order valence-electron chi connectivity index (χ0n) is 10.4. The van der Waals surface area contributed by atoms with Crippen molar-refractivity contribution in [2.24, 2.45) is 0 Å². The van der Waals surface area contributed by atoms with Crippen molar-refractivity contribution in [3.8, 4) is 0 Å². The summed E-state index contributed by atoms with van der Waals surface area (Å²) < 4.78 is 53.4. The first kappa shape index (κ1) is 13.7. The normalized spacial score (nSPS) is 10.6. The molecule has 0 aromatic heterocycles. The van der Waals surface area contributed by atoms with E-state index in [2.05, 4.69) is 0 Å². The van der Waals surface area contributed by atoms with Crippen molar-refractivity contribution in [2.45, 2.75) is 13.8 Å². The van der Waals surface area contributed by atoms with Crippen molar-refractivity contribution < 1.29 is 17.6 Å². The number of aryl methyl sites for hydroxylation is 2. The van der Waals surface area contributed by atoms with Gasteiger partial charge in [-0.25, -0.2) is 17.6 Å². The average Bonchev–Trinajstić information content (AvgIpc) is 2.32. The Morgan fingerprint density at radius 2 is 1.00 bits per heavy atom. The Kier molecular flexibility index (Phi) is 3.65. The topological polar surface area (TPSA) is 0 Å². The number of halogens is 4. The standard InChI is InChI=1S/C14H10BF4/c1-7-3-9(13(18)5-11(7)16)15-10-4-8(2)12(17)6-14(10)19/h3-6H,1-2H3. The monoisotopic (exact) mass is 265 g/mol. The van der Waals surface area contributed by atoms with Gasteiger partial charge in [-0.05, 0) is 35.9 Å². The summed E-state index contributed by atoms with van der Waals surface area (Å²) in [6, 6.07) is 4.05. The van der Waals surface area contributed by atoms with Crippen LogP contribution < -0.4 is 10.9 Å². The number of benzene rings is 2. The molecule has 97 valence electrons. The van der Waals surface area contributed by atoms with Gasteiger partial charge in [-0.1, -0.05) is 12.1 Å². The molecule has 0 atom stereocenters. The fraction of sp³-hybridized carbons (Fsp3) is 0.143. The van der Waals surface area contributed by atoms with E-state index in [9.17, 15) is 17.6 Å². The molecule has 0 nitrogen and oxygen atoms in total. The molecule has 2 aromatic rings. The first-order chi connectivity index (χ1) is 8.88. The summed E-state index contributed by atoms with van der Waals surface area (Å²) in [5.41, 5.74) is 0.631. The van der Waals surface area contributed by atoms with Crippen LogP contribution in [-0.2, 0) is 0 Å². The van der Waals surface area contributed by atoms with E-state index in [0.29, 0.717) is 0 Å². The van der Waals surface area contributed by atoms with Crippen molar-refractivity contribution in [1.82, 2.24) is 0 Å². The highest BCUT2D eigenvalue weighted by Gasteiger charge is 2.13. The van der Waals surface area contributed by atoms with Gasteiger partial charge < -0.3 is 0 Å². The van der Waals surface area contributed by atoms with Crippen LogP contribution in [0.3, 0.4) is 0 Å². The SMILES string of the molecule is Cc1cc([B]c2cc(C)c(F)cc2F)c(F)cc1F. The van der Waals surface area contributed by atoms with E-state index >= 15 is 0 Å². The summed E-state index contributed by atoms with van der Waals surface area (Å²) in [7, 11) is 1.23. The van der Waals surface area contributed by atoms with Gasteiger partial charge in [0.05, 0.1) is 0 Å². The number of hydrogen-bond acceptors (Lipinski definition) is 0. The van der Waals surface area contributed by atoms with Crippen molar-refractivity contribution in [1.29, 1.82) is 0 Å². The van der Waals surface area contributed by atoms with Gasteiger partial charge in [-0.3, -0.25) is 0 Å². The van der Waals surface area contributed by atoms with Crippen LogP contribution in [0.5, 0.6) is 0 Å². The molecule has 0 saturated heterocycles. The third-order valence-electron chi connectivity index (χ3n) is 2.87. The van der Waals surface area contributed by atoms with Gasteiger partial charge in [0.15, 0.2) is 7.28 Å². The Balaban J connectivity index is 2.42. The molecule has 2 aromatic carbocycles. The lowest BCUT2D eigenvalue weighted by Gasteiger charge is -2.07. The maximum absolute atomic E-state index is 13.6. The largest absolute Gasteiger partial charge is 0.208 e. The second kappa shape index (κ2) is 5.07. The number of rotatable bonds is 2. The summed E-state index contributed by atoms with van der Waals surface area (Å²) in [6.45, 7) is 2.97. The second-order valence-electron chi connectivity index (χ2n) is 4.39. The molecule has 0 heterocycles. The minimum absolute atomic E-state index is 0.0591. The zero-order chi connectivity index (χ0) is 14.2. The van der Waals surface area contributed by atoms with E-state index < -0.39 is 23.3 Å². The van der Waals surface area contributed by atoms with E-state index in [0.717, 1.165) is 12.1 Å². The molecule has 0 aliphatic heterocycles. The first-order valence-electron chi connectivity index (χ1n) is 5.64. The van der Waals surface area contributed by atoms with E-state index in [4.69, 9.17) is 0 Å². The quantitative estimate of drug-likeness (QED) is 0.578. The fourth-order valence-electron chi connectivity index (χ4n) is 1.75. The molecule has 0 fully saturated rings. The Morgan fingerprint density at radius 1 is 0.632 bits per heavy atom. The van der Waals surface area contributed by atoms with Gasteiger partial charge in [0, 0.05) is 12.1 Å². The van der Waals surface area contributed by atoms with Gasteiger partial charge >= 0.3 is 0 Å². The first-order valence-corrected chi connectivity index (χ1v) is 5.64. The lowest BCUT2D eigenvalue weighted by Crippen LogP contribution is -2.32. The predicted octanol–water partition coefficient (Wildman–Crippen LogP) is 2.51. The third-order valence-corrected chi connectivity index (χ3v) is 2.87. The molecule has 19 heavy (non-hydrogen) atoms. The highest BCUT2D eigenvalue weighted by molar-refractivity contribution is 6.67. The molecule has 0 N–H and O–H groups in total. The predicted molar refractivity (Wildman–Crippen MR) is 67.2 cm³/mol. The van der Waals surface area contributed by atoms with E-state index in [1.807, 2.05) is 0 Å². The minimum Gasteiger partial charge on any atom is -0.208 e. The Hall–Kier alpha value is -1.78. The zero-order valence-corrected chi connectivity index (χ0v) is 10.4. The average molecular weight is 265 g/mol. The van der Waals surface area contributed by atoms with Crippen molar-refractivity contribution in [3.05, 3.63) is 58.7 Å². The Bertz CT molecular complexity index is 582. The maximum Gasteiger partial charge on any atom is 0.199 e. The van der Waals surface area contributed by atoms with Crippen LogP contribution in [0.2, 0.25) is 0 Å². The molecule has 0 aliphatic carbocycles. The molecular weight excluding hydrogens is 255 g/mol. The van der Waals surface area contributed by atoms with Crippen LogP contribution in [0.25, 0.3) is 0 Å². The van der Waals surface area contributed by atoms with Crippen molar-refractivity contribution in [2.75, 3.05) is 0 Å². The molecular formula is C14H10BF4. The van der Waals surface area contributed by atoms with Gasteiger partial charge in [-0.2, -0.15) is 0 Å². The van der Waals surface area contributed by atoms with E-state index in [-0.39, 0.29) is 22.1 Å². The Labute approximate surface area is 109 Å². The van der Waals surface area contributed by atoms with Gasteiger partial charge in [-0.15, -0.1) is 0 Å². The second-order valence-corrected chi connectivity index (χ2v) is 4.39. The highest BCUT2D eigenvalue weighted by Crippen LogP contribution is 2.08. The third kappa shape index (κ3) is 2.80. The molecule has 1 radical (unpaired) electrons. The van der Waals surface area contributed by atoms with Crippen LogP contribution in [0.4, 0.5) is 17.6 Å². The summed E-state index contributed by atoms with van der Waals surface area (Å²) in [5.74, 6) is -2.90. The van der Waals surface area contributed by atoms with Crippen molar-refractivity contribution in [3.63, 3.8) is 0 Å². The molecule has 0 saturated carbocycles. The molecule has 0 amide bonds. The van der Waals surface area contributed by atoms with Gasteiger partial charge in [0.25, 0.3) is 0 Å². The molecule has 2 rings (SSSR count). The summed E-state index contributed by atoms with van der Waals surface area (Å²) in [5, 5.41) is 0. The Morgan fingerprint density at radius 3 is 1.37 bits per heavy atom. The molecule has 5 heteroatoms. The minimum atomic E-state index is -0.788. The molecule has 0 aliphatic rings. The summed E-state index contributed by atoms with van der Waals surface area (Å²) in [4.78, 5) is 0. The lowest BCUT2D eigenvalue weighted by atomic mass is 9.63. The molecule has 0 bridgehead atoms. The highest BCUT2D eigenvalue weighted by atomic mass is 19.1. The van der Waals surface area contributed by atoms with Crippen LogP contribution in [0.1, 0.15) is 11.1 Å². The smallest absolute Gasteiger partial charge is 0.199 e. The molecule has 0 spiro atoms. The van der Waals surface area contributed by atoms with Crippen LogP contribution in [0.15, 0.2) is 24.3 Å². The maximum atomic E-state index is 13.6. The summed E-state index contributed by atoms with van der Waals surface area (Å²) in [6.07, 6.45) is 0. The number of hydrogen-bond donors (Lipinski definition) is 0. The van der Waals surface area contributed by atoms with Crippen LogP contribution in [0, 0.1) is 37.1 Å². The van der Waals surface area contributed by atoms with Gasteiger partial charge in [0.1, 0.15) is 23.3 Å². The van der Waals surface area contributed by atoms with Crippen LogP contribution >= 0.6 is 0 Å². The van der Waals surface area contributed by atoms with E-state index in [1.165, 1.54) is 33.3 Å². The fourth-order valence-corrected chi connectivity index (χ4v) is 1.75. The van der Waals surface area contributed by atoms with Gasteiger partial charge in [0.2, 0.25) is 0 Å². The summed E-state index contributed by atoms with van der Waals surface area (Å²) >= 11 is 0. The molecule has 0 unspecified atom stereocenters. The van der Waals surface area contributed by atoms with Crippen molar-refractivity contribution >= 4 is 18.2 Å². The van der Waals surface area contributed by atoms with Crippen LogP contribution in [-0.4, -0.2) is 7.28 Å². The lowest BCUT2D eigenvalue weighted by molar-refractivity contribution is 0.581. The van der Waals surface area contributed by atoms with E-state index in [1.54, 1.807) is 0 Å².